The zero-order valence-electron chi connectivity index (χ0n) is 23.9. The molecule has 2 fully saturated rings. The van der Waals surface area contributed by atoms with Gasteiger partial charge in [-0.2, -0.15) is 9.97 Å². The number of amides is 1. The number of aryl methyl sites for hydroxylation is 2. The zero-order valence-corrected chi connectivity index (χ0v) is 24.7. The number of nitrogens with zero attached hydrogens (tertiary/aromatic N) is 7. The van der Waals surface area contributed by atoms with Crippen molar-refractivity contribution in [1.82, 2.24) is 29.8 Å². The average molecular weight is 588 g/mol. The van der Waals surface area contributed by atoms with Gasteiger partial charge in [0.2, 0.25) is 5.91 Å². The lowest BCUT2D eigenvalue weighted by Crippen LogP contribution is -2.36. The van der Waals surface area contributed by atoms with Gasteiger partial charge in [0.1, 0.15) is 22.9 Å². The predicted molar refractivity (Wildman–Crippen MR) is 160 cm³/mol. The highest BCUT2D eigenvalue weighted by atomic mass is 35.5. The number of halogens is 2. The number of hydrogen-bond donors (Lipinski definition) is 0. The number of rotatable bonds is 7. The highest BCUT2D eigenvalue weighted by Crippen LogP contribution is 2.48. The molecule has 4 heterocycles. The van der Waals surface area contributed by atoms with E-state index < -0.39 is 5.82 Å². The molecular weight excluding hydrogens is 557 g/mol. The molecular formula is C31H31ClFN7O2. The molecule has 11 heteroatoms. The maximum Gasteiger partial charge on any atom is 0.318 e. The molecule has 4 aromatic rings. The number of carbonyl (C=O) groups excluding carboxylic acids is 1. The third kappa shape index (κ3) is 5.38. The van der Waals surface area contributed by atoms with E-state index in [4.69, 9.17) is 16.3 Å². The Bertz CT molecular complexity index is 1710. The number of likely N-dealkylation sites (N-methyl/N-ethyl adjacent to an activating group) is 1. The van der Waals surface area contributed by atoms with Gasteiger partial charge in [0.25, 0.3) is 0 Å². The Morgan fingerprint density at radius 1 is 1.17 bits per heavy atom. The molecule has 9 nitrogen and oxygen atoms in total. The summed E-state index contributed by atoms with van der Waals surface area (Å²) in [5.74, 6) is 0.812. The summed E-state index contributed by atoms with van der Waals surface area (Å²) in [6.45, 7) is 4.78. The molecule has 0 bridgehead atoms. The lowest BCUT2D eigenvalue weighted by Gasteiger charge is -2.27. The van der Waals surface area contributed by atoms with Crippen molar-refractivity contribution in [2.45, 2.75) is 45.1 Å². The number of anilines is 1. The summed E-state index contributed by atoms with van der Waals surface area (Å²) in [5, 5.41) is 1.09. The summed E-state index contributed by atoms with van der Waals surface area (Å²) in [4.78, 5) is 38.9. The van der Waals surface area contributed by atoms with Gasteiger partial charge in [-0.15, -0.1) is 0 Å². The zero-order chi connectivity index (χ0) is 29.5. The smallest absolute Gasteiger partial charge is 0.318 e. The molecule has 1 unspecified atom stereocenters. The van der Waals surface area contributed by atoms with Gasteiger partial charge in [0.15, 0.2) is 5.82 Å². The molecule has 1 aliphatic heterocycles. The van der Waals surface area contributed by atoms with E-state index in [0.717, 1.165) is 30.5 Å². The predicted octanol–water partition coefficient (Wildman–Crippen LogP) is 5.53. The van der Waals surface area contributed by atoms with E-state index in [2.05, 4.69) is 24.9 Å². The third-order valence-corrected chi connectivity index (χ3v) is 8.19. The average Bonchev–Trinajstić information content (AvgIpc) is 3.69. The monoisotopic (exact) mass is 587 g/mol. The van der Waals surface area contributed by atoms with Crippen molar-refractivity contribution in [3.8, 4) is 17.3 Å². The number of benzene rings is 1. The second kappa shape index (κ2) is 11.2. The quantitative estimate of drug-likeness (QED) is 0.261. The van der Waals surface area contributed by atoms with Crippen LogP contribution in [0.2, 0.25) is 5.02 Å². The summed E-state index contributed by atoms with van der Waals surface area (Å²) >= 11 is 6.53. The molecule has 0 radical (unpaired) electrons. The number of likely N-dealkylation sites (tertiary alicyclic amines) is 1. The van der Waals surface area contributed by atoms with Crippen LogP contribution in [0.3, 0.4) is 0 Å². The maximum absolute atomic E-state index is 16.2. The number of methoxy groups -OCH3 is 1. The van der Waals surface area contributed by atoms with Crippen molar-refractivity contribution in [2.24, 2.45) is 0 Å². The van der Waals surface area contributed by atoms with Crippen LogP contribution in [-0.2, 0) is 4.79 Å². The van der Waals surface area contributed by atoms with Crippen LogP contribution in [0.15, 0.2) is 36.5 Å². The van der Waals surface area contributed by atoms with Crippen LogP contribution in [-0.4, -0.2) is 69.0 Å². The molecule has 3 aromatic heterocycles. The molecule has 216 valence electrons. The van der Waals surface area contributed by atoms with Gasteiger partial charge in [-0.1, -0.05) is 23.7 Å². The molecule has 1 aliphatic carbocycles. The van der Waals surface area contributed by atoms with Gasteiger partial charge >= 0.3 is 6.01 Å². The van der Waals surface area contributed by atoms with E-state index in [1.165, 1.54) is 7.11 Å². The van der Waals surface area contributed by atoms with Crippen molar-refractivity contribution in [1.29, 1.82) is 0 Å². The molecule has 0 spiro atoms. The van der Waals surface area contributed by atoms with Crippen molar-refractivity contribution < 1.29 is 13.9 Å². The summed E-state index contributed by atoms with van der Waals surface area (Å²) in [6, 6.07) is 7.34. The molecule has 1 atom stereocenters. The fourth-order valence-corrected chi connectivity index (χ4v) is 5.95. The van der Waals surface area contributed by atoms with E-state index in [-0.39, 0.29) is 29.2 Å². The number of pyridine rings is 1. The standard InChI is InChI=1S/C31H31ClFN7O2/c1-17-14-20(36-18(2)35-17)10-11-25(41)40-13-12-21(16-40)39(3)30-23-15-34-28(27(33)29(23)37-31(38-30)42-4)22-6-5-7-24(32)26(22)19-8-9-19/h5-7,10-11,14-15,19,21H,8-9,12-13,16H2,1-4H3/b11-10+. The molecule has 1 saturated carbocycles. The highest BCUT2D eigenvalue weighted by Gasteiger charge is 2.32. The fraction of sp³-hybridized carbons (Fsp3) is 0.355. The summed E-state index contributed by atoms with van der Waals surface area (Å²) in [5.41, 5.74) is 3.48. The van der Waals surface area contributed by atoms with Crippen LogP contribution in [0, 0.1) is 19.7 Å². The molecule has 1 amide bonds. The summed E-state index contributed by atoms with van der Waals surface area (Å²) < 4.78 is 21.6. The lowest BCUT2D eigenvalue weighted by molar-refractivity contribution is -0.124. The number of fused-ring (bicyclic) bond motifs is 1. The first-order chi connectivity index (χ1) is 20.2. The van der Waals surface area contributed by atoms with E-state index in [1.807, 2.05) is 50.1 Å². The summed E-state index contributed by atoms with van der Waals surface area (Å²) in [7, 11) is 3.34. The van der Waals surface area contributed by atoms with E-state index in [9.17, 15) is 4.79 Å². The van der Waals surface area contributed by atoms with Crippen molar-refractivity contribution in [3.63, 3.8) is 0 Å². The molecule has 2 aliphatic rings. The van der Waals surface area contributed by atoms with Crippen LogP contribution < -0.4 is 9.64 Å². The first kappa shape index (κ1) is 28.0. The fourth-order valence-electron chi connectivity index (χ4n) is 5.62. The minimum Gasteiger partial charge on any atom is -0.467 e. The van der Waals surface area contributed by atoms with Crippen LogP contribution in [0.4, 0.5) is 10.2 Å². The third-order valence-electron chi connectivity index (χ3n) is 7.86. The Morgan fingerprint density at radius 2 is 1.98 bits per heavy atom. The lowest BCUT2D eigenvalue weighted by atomic mass is 9.99. The largest absolute Gasteiger partial charge is 0.467 e. The van der Waals surface area contributed by atoms with Crippen LogP contribution in [0.1, 0.15) is 48.0 Å². The SMILES string of the molecule is COc1nc(N(C)C2CCN(C(=O)/C=C/c3cc(C)nc(C)n3)C2)c2cnc(-c3cccc(Cl)c3C3CC3)c(F)c2n1. The Hall–Kier alpha value is -4.18. The van der Waals surface area contributed by atoms with Crippen molar-refractivity contribution >= 4 is 40.3 Å². The van der Waals surface area contributed by atoms with Gasteiger partial charge in [0, 0.05) is 54.7 Å². The van der Waals surface area contributed by atoms with Gasteiger partial charge in [-0.05, 0) is 62.8 Å². The number of hydrogen-bond acceptors (Lipinski definition) is 8. The first-order valence-electron chi connectivity index (χ1n) is 13.9. The minimum absolute atomic E-state index is 0.0502. The van der Waals surface area contributed by atoms with Crippen molar-refractivity contribution in [3.05, 3.63) is 70.2 Å². The van der Waals surface area contributed by atoms with Gasteiger partial charge in [0.05, 0.1) is 18.2 Å². The van der Waals surface area contributed by atoms with E-state index in [0.29, 0.717) is 52.3 Å². The van der Waals surface area contributed by atoms with E-state index >= 15 is 4.39 Å². The topological polar surface area (TPSA) is 97.2 Å². The minimum atomic E-state index is -0.546. The van der Waals surface area contributed by atoms with Gasteiger partial charge in [-0.25, -0.2) is 14.4 Å². The molecule has 6 rings (SSSR count). The normalized spacial score (nSPS) is 16.9. The van der Waals surface area contributed by atoms with Crippen LogP contribution >= 0.6 is 11.6 Å². The second-order valence-electron chi connectivity index (χ2n) is 10.8. The number of ether oxygens (including phenoxy) is 1. The Kier molecular flexibility index (Phi) is 7.49. The number of carbonyl (C=O) groups is 1. The Morgan fingerprint density at radius 3 is 2.71 bits per heavy atom. The molecule has 42 heavy (non-hydrogen) atoms. The molecule has 1 saturated heterocycles. The molecule has 0 N–H and O–H groups in total. The molecule has 1 aromatic carbocycles. The van der Waals surface area contributed by atoms with Crippen molar-refractivity contribution in [2.75, 3.05) is 32.1 Å². The second-order valence-corrected chi connectivity index (χ2v) is 11.3. The maximum atomic E-state index is 16.2. The number of aromatic nitrogens is 5. The van der Waals surface area contributed by atoms with Gasteiger partial charge in [-0.3, -0.25) is 9.78 Å². The Labute approximate surface area is 248 Å². The van der Waals surface area contributed by atoms with Gasteiger partial charge < -0.3 is 14.5 Å². The van der Waals surface area contributed by atoms with Crippen LogP contribution in [0.25, 0.3) is 28.2 Å². The Balaban J connectivity index is 1.28. The first-order valence-corrected chi connectivity index (χ1v) is 14.3. The highest BCUT2D eigenvalue weighted by molar-refractivity contribution is 6.32. The summed E-state index contributed by atoms with van der Waals surface area (Å²) in [6.07, 6.45) is 7.63. The van der Waals surface area contributed by atoms with E-state index in [1.54, 1.807) is 23.2 Å². The van der Waals surface area contributed by atoms with Crippen LogP contribution in [0.5, 0.6) is 6.01 Å².